The van der Waals surface area contributed by atoms with Gasteiger partial charge in [-0.15, -0.1) is 11.3 Å². The van der Waals surface area contributed by atoms with E-state index in [1.165, 1.54) is 5.56 Å². The van der Waals surface area contributed by atoms with E-state index in [1.54, 1.807) is 29.3 Å². The fourth-order valence-electron chi connectivity index (χ4n) is 2.83. The minimum atomic E-state index is 0.248. The maximum atomic E-state index is 12.2. The summed E-state index contributed by atoms with van der Waals surface area (Å²) in [6.07, 6.45) is 5.15. The van der Waals surface area contributed by atoms with E-state index in [2.05, 4.69) is 35.3 Å². The van der Waals surface area contributed by atoms with Crippen molar-refractivity contribution >= 4 is 29.0 Å². The summed E-state index contributed by atoms with van der Waals surface area (Å²) in [5.41, 5.74) is 1.41. The maximum Gasteiger partial charge on any atom is 0.233 e. The molecule has 22 heavy (non-hydrogen) atoms. The molecule has 0 atom stereocenters. The van der Waals surface area contributed by atoms with Crippen LogP contribution in [-0.4, -0.2) is 34.6 Å². The highest BCUT2D eigenvalue weighted by atomic mass is 32.2. The fourth-order valence-corrected chi connectivity index (χ4v) is 4.37. The summed E-state index contributed by atoms with van der Waals surface area (Å²) >= 11 is 3.14. The summed E-state index contributed by atoms with van der Waals surface area (Å²) in [7, 11) is 0. The smallest absolute Gasteiger partial charge is 0.233 e. The third kappa shape index (κ3) is 4.34. The number of thiazole rings is 1. The number of hydrogen-bond acceptors (Lipinski definition) is 4. The zero-order chi connectivity index (χ0) is 15.2. The molecule has 0 saturated carbocycles. The van der Waals surface area contributed by atoms with Crippen molar-refractivity contribution in [1.82, 2.24) is 9.88 Å². The third-order valence-corrected chi connectivity index (χ3v) is 6.01. The Morgan fingerprint density at radius 1 is 1.27 bits per heavy atom. The molecule has 1 aliphatic heterocycles. The first kappa shape index (κ1) is 15.6. The summed E-state index contributed by atoms with van der Waals surface area (Å²) in [5, 5.41) is 1.95. The van der Waals surface area contributed by atoms with Gasteiger partial charge in [-0.1, -0.05) is 42.1 Å². The van der Waals surface area contributed by atoms with Crippen LogP contribution in [-0.2, 0) is 11.2 Å². The molecule has 3 rings (SSSR count). The van der Waals surface area contributed by atoms with Crippen molar-refractivity contribution in [2.75, 3.05) is 18.8 Å². The van der Waals surface area contributed by atoms with E-state index in [-0.39, 0.29) is 5.91 Å². The van der Waals surface area contributed by atoms with Gasteiger partial charge in [-0.05, 0) is 30.7 Å². The van der Waals surface area contributed by atoms with Crippen LogP contribution in [0.5, 0.6) is 0 Å². The first-order valence-electron chi connectivity index (χ1n) is 7.65. The quantitative estimate of drug-likeness (QED) is 0.783. The number of carbonyl (C=O) groups excluding carboxylic acids is 1. The average molecular weight is 332 g/mol. The van der Waals surface area contributed by atoms with Gasteiger partial charge in [0.1, 0.15) is 4.34 Å². The summed E-state index contributed by atoms with van der Waals surface area (Å²) < 4.78 is 0.979. The highest BCUT2D eigenvalue weighted by Crippen LogP contribution is 2.24. The van der Waals surface area contributed by atoms with Crippen molar-refractivity contribution in [3.05, 3.63) is 47.5 Å². The predicted molar refractivity (Wildman–Crippen MR) is 92.3 cm³/mol. The van der Waals surface area contributed by atoms with E-state index in [0.29, 0.717) is 11.7 Å². The Morgan fingerprint density at radius 2 is 2.05 bits per heavy atom. The van der Waals surface area contributed by atoms with E-state index < -0.39 is 0 Å². The Kier molecular flexibility index (Phi) is 5.51. The van der Waals surface area contributed by atoms with Gasteiger partial charge < -0.3 is 4.90 Å². The molecule has 2 heterocycles. The van der Waals surface area contributed by atoms with Crippen molar-refractivity contribution in [2.24, 2.45) is 5.92 Å². The number of piperidine rings is 1. The minimum Gasteiger partial charge on any atom is -0.342 e. The van der Waals surface area contributed by atoms with E-state index in [4.69, 9.17) is 0 Å². The van der Waals surface area contributed by atoms with Crippen LogP contribution >= 0.6 is 23.1 Å². The molecule has 1 aliphatic rings. The van der Waals surface area contributed by atoms with Gasteiger partial charge in [-0.3, -0.25) is 4.79 Å². The van der Waals surface area contributed by atoms with Crippen LogP contribution in [0.15, 0.2) is 46.2 Å². The molecule has 0 unspecified atom stereocenters. The van der Waals surface area contributed by atoms with Crippen molar-refractivity contribution in [2.45, 2.75) is 23.6 Å². The topological polar surface area (TPSA) is 33.2 Å². The number of carbonyl (C=O) groups is 1. The number of likely N-dealkylation sites (tertiary alicyclic amines) is 1. The van der Waals surface area contributed by atoms with Gasteiger partial charge in [0.2, 0.25) is 5.91 Å². The number of nitrogens with zero attached hydrogens (tertiary/aromatic N) is 2. The lowest BCUT2D eigenvalue weighted by Crippen LogP contribution is -2.39. The third-order valence-electron chi connectivity index (χ3n) is 4.06. The Balaban J connectivity index is 1.42. The van der Waals surface area contributed by atoms with Crippen molar-refractivity contribution in [3.63, 3.8) is 0 Å². The number of thioether (sulfide) groups is 1. The number of amides is 1. The Bertz CT molecular complexity index is 578. The highest BCUT2D eigenvalue weighted by Gasteiger charge is 2.23. The maximum absolute atomic E-state index is 12.2. The molecule has 1 saturated heterocycles. The second kappa shape index (κ2) is 7.79. The van der Waals surface area contributed by atoms with Crippen LogP contribution in [0, 0.1) is 5.92 Å². The lowest BCUT2D eigenvalue weighted by Gasteiger charge is -2.32. The second-order valence-electron chi connectivity index (χ2n) is 5.60. The largest absolute Gasteiger partial charge is 0.342 e. The molecule has 3 nitrogen and oxygen atoms in total. The molecule has 1 fully saturated rings. The van der Waals surface area contributed by atoms with Crippen molar-refractivity contribution in [1.29, 1.82) is 0 Å². The molecule has 0 aliphatic carbocycles. The van der Waals surface area contributed by atoms with Gasteiger partial charge in [0, 0.05) is 24.7 Å². The van der Waals surface area contributed by atoms with Gasteiger partial charge in [0.05, 0.1) is 5.75 Å². The van der Waals surface area contributed by atoms with Crippen LogP contribution < -0.4 is 0 Å². The van der Waals surface area contributed by atoms with Gasteiger partial charge in [0.25, 0.3) is 0 Å². The Labute approximate surface area is 139 Å². The summed E-state index contributed by atoms with van der Waals surface area (Å²) in [6, 6.07) is 10.7. The Morgan fingerprint density at radius 3 is 2.73 bits per heavy atom. The molecule has 1 aromatic carbocycles. The summed E-state index contributed by atoms with van der Waals surface area (Å²) in [4.78, 5) is 18.5. The zero-order valence-electron chi connectivity index (χ0n) is 12.5. The fraction of sp³-hybridized carbons (Fsp3) is 0.412. The Hall–Kier alpha value is -1.33. The number of aromatic nitrogens is 1. The molecule has 0 radical (unpaired) electrons. The van der Waals surface area contributed by atoms with E-state index in [0.717, 1.165) is 36.7 Å². The monoisotopic (exact) mass is 332 g/mol. The molecule has 0 N–H and O–H groups in total. The molecule has 5 heteroatoms. The molecular formula is C17H20N2OS2. The molecule has 2 aromatic rings. The zero-order valence-corrected chi connectivity index (χ0v) is 14.1. The summed E-state index contributed by atoms with van der Waals surface area (Å²) in [5.74, 6) is 1.47. The van der Waals surface area contributed by atoms with Gasteiger partial charge in [0.15, 0.2) is 0 Å². The number of rotatable bonds is 5. The number of benzene rings is 1. The van der Waals surface area contributed by atoms with E-state index in [9.17, 15) is 4.79 Å². The molecule has 0 spiro atoms. The number of hydrogen-bond donors (Lipinski definition) is 0. The van der Waals surface area contributed by atoms with Crippen molar-refractivity contribution in [3.8, 4) is 0 Å². The van der Waals surface area contributed by atoms with Crippen LogP contribution in [0.25, 0.3) is 0 Å². The minimum absolute atomic E-state index is 0.248. The normalized spacial score (nSPS) is 15.9. The van der Waals surface area contributed by atoms with Crippen LogP contribution in [0.4, 0.5) is 0 Å². The molecule has 1 amide bonds. The molecule has 116 valence electrons. The van der Waals surface area contributed by atoms with Gasteiger partial charge in [-0.2, -0.15) is 0 Å². The lowest BCUT2D eigenvalue weighted by molar-refractivity contribution is -0.129. The van der Waals surface area contributed by atoms with Crippen molar-refractivity contribution < 1.29 is 4.79 Å². The second-order valence-corrected chi connectivity index (χ2v) is 7.72. The first-order chi connectivity index (χ1) is 10.8. The first-order valence-corrected chi connectivity index (χ1v) is 9.52. The molecule has 1 aromatic heterocycles. The van der Waals surface area contributed by atoms with E-state index in [1.807, 2.05) is 10.3 Å². The SMILES string of the molecule is O=C(CSc1nccs1)N1CCC(Cc2ccccc2)CC1. The van der Waals surface area contributed by atoms with Gasteiger partial charge in [-0.25, -0.2) is 4.98 Å². The van der Waals surface area contributed by atoms with E-state index >= 15 is 0 Å². The summed E-state index contributed by atoms with van der Waals surface area (Å²) in [6.45, 7) is 1.80. The molecular weight excluding hydrogens is 312 g/mol. The lowest BCUT2D eigenvalue weighted by atomic mass is 9.90. The highest BCUT2D eigenvalue weighted by molar-refractivity contribution is 8.01. The van der Waals surface area contributed by atoms with Crippen LogP contribution in [0.1, 0.15) is 18.4 Å². The predicted octanol–water partition coefficient (Wildman–Crippen LogP) is 3.72. The van der Waals surface area contributed by atoms with Gasteiger partial charge >= 0.3 is 0 Å². The molecule has 0 bridgehead atoms. The standard InChI is InChI=1S/C17H20N2OS2/c20-16(13-22-17-18-8-11-21-17)19-9-6-15(7-10-19)12-14-4-2-1-3-5-14/h1-5,8,11,15H,6-7,9-10,12-13H2. The average Bonchev–Trinajstić information content (AvgIpc) is 3.08. The van der Waals surface area contributed by atoms with Crippen LogP contribution in [0.3, 0.4) is 0 Å². The van der Waals surface area contributed by atoms with Crippen LogP contribution in [0.2, 0.25) is 0 Å².